The molecule has 0 bridgehead atoms. The van der Waals surface area contributed by atoms with Crippen LogP contribution in [-0.4, -0.2) is 31.2 Å². The van der Waals surface area contributed by atoms with Gasteiger partial charge >= 0.3 is 5.97 Å². The molecule has 34 heavy (non-hydrogen) atoms. The van der Waals surface area contributed by atoms with Crippen molar-refractivity contribution in [3.63, 3.8) is 0 Å². The first-order valence-electron chi connectivity index (χ1n) is 11.3. The number of carboxylic acid groups (broad SMARTS) is 1. The molecule has 10 heteroatoms. The predicted octanol–water partition coefficient (Wildman–Crippen LogP) is 5.49. The van der Waals surface area contributed by atoms with Gasteiger partial charge in [-0.15, -0.1) is 0 Å². The van der Waals surface area contributed by atoms with Crippen molar-refractivity contribution in [1.29, 1.82) is 0 Å². The Labute approximate surface area is 205 Å². The SMILES string of the molecule is CCCCCCCCCCOc1cc(O)cc(COc2cc(Cl)c(S(N)(=O)=O)cc2C(=O)O)c1. The zero-order valence-electron chi connectivity index (χ0n) is 19.3. The first-order valence-corrected chi connectivity index (χ1v) is 13.2. The van der Waals surface area contributed by atoms with Gasteiger partial charge in [-0.2, -0.15) is 0 Å². The predicted molar refractivity (Wildman–Crippen MR) is 130 cm³/mol. The van der Waals surface area contributed by atoms with E-state index in [1.54, 1.807) is 6.07 Å². The molecule has 0 radical (unpaired) electrons. The highest BCUT2D eigenvalue weighted by Crippen LogP contribution is 2.31. The van der Waals surface area contributed by atoms with Crippen LogP contribution in [0.25, 0.3) is 0 Å². The Balaban J connectivity index is 1.96. The van der Waals surface area contributed by atoms with E-state index in [1.807, 2.05) is 0 Å². The van der Waals surface area contributed by atoms with Crippen LogP contribution in [0.1, 0.15) is 74.2 Å². The second kappa shape index (κ2) is 13.4. The number of hydrogen-bond donors (Lipinski definition) is 3. The number of benzene rings is 2. The van der Waals surface area contributed by atoms with E-state index >= 15 is 0 Å². The van der Waals surface area contributed by atoms with E-state index < -0.39 is 26.5 Å². The van der Waals surface area contributed by atoms with Crippen molar-refractivity contribution < 1.29 is 32.9 Å². The quantitative estimate of drug-likeness (QED) is 0.268. The average Bonchev–Trinajstić information content (AvgIpc) is 2.75. The van der Waals surface area contributed by atoms with Crippen molar-refractivity contribution >= 4 is 27.6 Å². The van der Waals surface area contributed by atoms with Gasteiger partial charge in [0, 0.05) is 12.1 Å². The first-order chi connectivity index (χ1) is 16.1. The maximum absolute atomic E-state index is 11.6. The van der Waals surface area contributed by atoms with E-state index in [-0.39, 0.29) is 23.1 Å². The molecule has 0 aromatic heterocycles. The molecule has 0 atom stereocenters. The molecule has 0 saturated carbocycles. The summed E-state index contributed by atoms with van der Waals surface area (Å²) in [6.45, 7) is 2.62. The van der Waals surface area contributed by atoms with Crippen molar-refractivity contribution in [1.82, 2.24) is 0 Å². The zero-order chi connectivity index (χ0) is 25.1. The number of phenolic OH excluding ortho intramolecular Hbond substituents is 1. The zero-order valence-corrected chi connectivity index (χ0v) is 20.8. The molecular weight excluding hydrogens is 482 g/mol. The van der Waals surface area contributed by atoms with Gasteiger partial charge in [0.05, 0.1) is 11.6 Å². The number of rotatable bonds is 15. The van der Waals surface area contributed by atoms with E-state index in [9.17, 15) is 23.4 Å². The summed E-state index contributed by atoms with van der Waals surface area (Å²) < 4.78 is 34.5. The highest BCUT2D eigenvalue weighted by Gasteiger charge is 2.21. The summed E-state index contributed by atoms with van der Waals surface area (Å²) in [5.74, 6) is -1.08. The first kappa shape index (κ1) is 27.8. The third kappa shape index (κ3) is 9.04. The standard InChI is InChI=1S/C24H32ClNO7S/c1-2-3-4-5-6-7-8-9-10-32-19-12-17(11-18(27)13-19)16-33-22-15-21(25)23(34(26,30)31)14-20(22)24(28)29/h11-15,27H,2-10,16H2,1H3,(H,28,29)(H2,26,30,31). The number of aromatic hydroxyl groups is 1. The minimum atomic E-state index is -4.21. The molecule has 4 N–H and O–H groups in total. The van der Waals surface area contributed by atoms with Crippen LogP contribution in [0.5, 0.6) is 17.2 Å². The highest BCUT2D eigenvalue weighted by molar-refractivity contribution is 7.89. The molecule has 188 valence electrons. The summed E-state index contributed by atoms with van der Waals surface area (Å²) in [7, 11) is -4.21. The molecule has 0 heterocycles. The van der Waals surface area contributed by atoms with Crippen molar-refractivity contribution in [2.75, 3.05) is 6.61 Å². The van der Waals surface area contributed by atoms with Gasteiger partial charge in [-0.1, -0.05) is 63.5 Å². The van der Waals surface area contributed by atoms with Gasteiger partial charge in [0.2, 0.25) is 10.0 Å². The second-order valence-electron chi connectivity index (χ2n) is 8.08. The molecule has 0 unspecified atom stereocenters. The largest absolute Gasteiger partial charge is 0.508 e. The fourth-order valence-corrected chi connectivity index (χ4v) is 4.53. The number of unbranched alkanes of at least 4 members (excludes halogenated alkanes) is 7. The monoisotopic (exact) mass is 513 g/mol. The lowest BCUT2D eigenvalue weighted by Crippen LogP contribution is -2.14. The van der Waals surface area contributed by atoms with Crippen LogP contribution >= 0.6 is 11.6 Å². The fourth-order valence-electron chi connectivity index (χ4n) is 3.44. The minimum absolute atomic E-state index is 0.0203. The summed E-state index contributed by atoms with van der Waals surface area (Å²) >= 11 is 5.96. The van der Waals surface area contributed by atoms with Crippen LogP contribution in [0.4, 0.5) is 0 Å². The lowest BCUT2D eigenvalue weighted by atomic mass is 10.1. The Bertz CT molecular complexity index is 1070. The Hall–Kier alpha value is -2.49. The van der Waals surface area contributed by atoms with Gasteiger partial charge in [0.15, 0.2) is 0 Å². The molecule has 2 rings (SSSR count). The van der Waals surface area contributed by atoms with Crippen LogP contribution in [0.3, 0.4) is 0 Å². The van der Waals surface area contributed by atoms with Gasteiger partial charge < -0.3 is 19.7 Å². The van der Waals surface area contributed by atoms with Crippen LogP contribution in [0, 0.1) is 0 Å². The molecule has 0 aliphatic carbocycles. The molecule has 0 spiro atoms. The summed E-state index contributed by atoms with van der Waals surface area (Å²) in [5.41, 5.74) is 0.133. The summed E-state index contributed by atoms with van der Waals surface area (Å²) in [6.07, 6.45) is 9.48. The Morgan fingerprint density at radius 2 is 1.62 bits per heavy atom. The average molecular weight is 514 g/mol. The molecule has 0 aliphatic heterocycles. The van der Waals surface area contributed by atoms with Gasteiger partial charge in [-0.05, 0) is 30.2 Å². The number of carboxylic acids is 1. The smallest absolute Gasteiger partial charge is 0.339 e. The van der Waals surface area contributed by atoms with Crippen LogP contribution in [-0.2, 0) is 16.6 Å². The third-order valence-electron chi connectivity index (χ3n) is 5.18. The number of halogens is 1. The maximum atomic E-state index is 11.6. The number of aromatic carboxylic acids is 1. The van der Waals surface area contributed by atoms with Crippen LogP contribution < -0.4 is 14.6 Å². The van der Waals surface area contributed by atoms with Crippen LogP contribution in [0.2, 0.25) is 5.02 Å². The molecule has 8 nitrogen and oxygen atoms in total. The Morgan fingerprint density at radius 1 is 0.971 bits per heavy atom. The molecular formula is C24H32ClNO7S. The van der Waals surface area contributed by atoms with Crippen molar-refractivity contribution in [2.24, 2.45) is 5.14 Å². The minimum Gasteiger partial charge on any atom is -0.508 e. The molecule has 2 aromatic rings. The van der Waals surface area contributed by atoms with Gasteiger partial charge in [-0.25, -0.2) is 18.4 Å². The number of nitrogens with two attached hydrogens (primary N) is 1. The van der Waals surface area contributed by atoms with Gasteiger partial charge in [-0.3, -0.25) is 0 Å². The summed E-state index contributed by atoms with van der Waals surface area (Å²) in [5, 5.41) is 24.3. The summed E-state index contributed by atoms with van der Waals surface area (Å²) in [6, 6.07) is 6.59. The fraction of sp³-hybridized carbons (Fsp3) is 0.458. The number of carbonyl (C=O) groups is 1. The number of primary sulfonamides is 1. The van der Waals surface area contributed by atoms with Crippen molar-refractivity contribution in [3.05, 3.63) is 46.5 Å². The molecule has 0 amide bonds. The van der Waals surface area contributed by atoms with Crippen LogP contribution in [0.15, 0.2) is 35.2 Å². The molecule has 2 aromatic carbocycles. The molecule has 0 fully saturated rings. The normalized spacial score (nSPS) is 11.4. The Morgan fingerprint density at radius 3 is 2.24 bits per heavy atom. The van der Waals surface area contributed by atoms with E-state index in [2.05, 4.69) is 6.92 Å². The summed E-state index contributed by atoms with van der Waals surface area (Å²) in [4.78, 5) is 11.1. The van der Waals surface area contributed by atoms with E-state index in [0.29, 0.717) is 17.9 Å². The second-order valence-corrected chi connectivity index (χ2v) is 10.0. The Kier molecular flexibility index (Phi) is 10.9. The number of hydrogen-bond acceptors (Lipinski definition) is 6. The lowest BCUT2D eigenvalue weighted by molar-refractivity contribution is 0.0691. The number of sulfonamides is 1. The van der Waals surface area contributed by atoms with E-state index in [0.717, 1.165) is 25.0 Å². The highest BCUT2D eigenvalue weighted by atomic mass is 35.5. The third-order valence-corrected chi connectivity index (χ3v) is 6.56. The van der Waals surface area contributed by atoms with Crippen molar-refractivity contribution in [2.45, 2.75) is 69.8 Å². The maximum Gasteiger partial charge on any atom is 0.339 e. The van der Waals surface area contributed by atoms with E-state index in [1.165, 1.54) is 50.7 Å². The number of phenols is 1. The van der Waals surface area contributed by atoms with Gasteiger partial charge in [0.25, 0.3) is 0 Å². The molecule has 0 saturated heterocycles. The lowest BCUT2D eigenvalue weighted by Gasteiger charge is -2.13. The van der Waals surface area contributed by atoms with E-state index in [4.69, 9.17) is 26.2 Å². The molecule has 0 aliphatic rings. The number of ether oxygens (including phenoxy) is 2. The topological polar surface area (TPSA) is 136 Å². The van der Waals surface area contributed by atoms with Crippen molar-refractivity contribution in [3.8, 4) is 17.2 Å². The van der Waals surface area contributed by atoms with Gasteiger partial charge in [0.1, 0.15) is 34.3 Å².